The standard InChI is InChI=1S/C12H19N5O3/c1-9(16-5-3-4-6-16)7-13-11-10(17(18)19)12(20-2)15-8-14-11/h8-9H,3-7H2,1-2H3,(H,13,14,15). The molecule has 1 saturated heterocycles. The Morgan fingerprint density at radius 3 is 2.80 bits per heavy atom. The second-order valence-corrected chi connectivity index (χ2v) is 4.81. The summed E-state index contributed by atoms with van der Waals surface area (Å²) in [6.07, 6.45) is 3.69. The van der Waals surface area contributed by atoms with Crippen LogP contribution in [0.2, 0.25) is 0 Å². The maximum Gasteiger partial charge on any atom is 0.372 e. The molecule has 1 aliphatic rings. The second-order valence-electron chi connectivity index (χ2n) is 4.81. The van der Waals surface area contributed by atoms with E-state index in [0.717, 1.165) is 13.1 Å². The van der Waals surface area contributed by atoms with Crippen molar-refractivity contribution < 1.29 is 9.66 Å². The average molecular weight is 281 g/mol. The normalized spacial score (nSPS) is 16.9. The van der Waals surface area contributed by atoms with Crippen molar-refractivity contribution in [1.29, 1.82) is 0 Å². The maximum absolute atomic E-state index is 11.1. The Hall–Kier alpha value is -1.96. The first-order chi connectivity index (χ1) is 9.63. The van der Waals surface area contributed by atoms with Gasteiger partial charge in [-0.15, -0.1) is 0 Å². The van der Waals surface area contributed by atoms with E-state index in [9.17, 15) is 10.1 Å². The van der Waals surface area contributed by atoms with Gasteiger partial charge in [0.2, 0.25) is 5.82 Å². The lowest BCUT2D eigenvalue weighted by Gasteiger charge is -2.23. The van der Waals surface area contributed by atoms with Gasteiger partial charge in [-0.25, -0.2) is 4.98 Å². The summed E-state index contributed by atoms with van der Waals surface area (Å²) >= 11 is 0. The number of hydrogen-bond donors (Lipinski definition) is 1. The Kier molecular flexibility index (Phi) is 4.67. The van der Waals surface area contributed by atoms with E-state index in [-0.39, 0.29) is 17.4 Å². The quantitative estimate of drug-likeness (QED) is 0.620. The Morgan fingerprint density at radius 1 is 1.50 bits per heavy atom. The van der Waals surface area contributed by atoms with Crippen molar-refractivity contribution in [3.8, 4) is 5.88 Å². The minimum Gasteiger partial charge on any atom is -0.476 e. The molecule has 0 aromatic carbocycles. The van der Waals surface area contributed by atoms with Crippen molar-refractivity contribution in [2.24, 2.45) is 0 Å². The summed E-state index contributed by atoms with van der Waals surface area (Å²) < 4.78 is 4.91. The van der Waals surface area contributed by atoms with Crippen LogP contribution in [-0.4, -0.2) is 52.6 Å². The van der Waals surface area contributed by atoms with Gasteiger partial charge >= 0.3 is 5.69 Å². The molecule has 1 aromatic rings. The zero-order valence-corrected chi connectivity index (χ0v) is 11.7. The van der Waals surface area contributed by atoms with Gasteiger partial charge in [-0.3, -0.25) is 15.0 Å². The molecule has 1 fully saturated rings. The summed E-state index contributed by atoms with van der Waals surface area (Å²) in [5.41, 5.74) is -0.219. The summed E-state index contributed by atoms with van der Waals surface area (Å²) in [5, 5.41) is 14.1. The maximum atomic E-state index is 11.1. The van der Waals surface area contributed by atoms with Gasteiger partial charge in [0.25, 0.3) is 5.88 Å². The molecule has 0 aliphatic carbocycles. The van der Waals surface area contributed by atoms with Crippen LogP contribution in [0.4, 0.5) is 11.5 Å². The zero-order valence-electron chi connectivity index (χ0n) is 11.7. The van der Waals surface area contributed by atoms with Gasteiger partial charge in [0.15, 0.2) is 0 Å². The van der Waals surface area contributed by atoms with Crippen LogP contribution in [0.3, 0.4) is 0 Å². The molecule has 0 bridgehead atoms. The largest absolute Gasteiger partial charge is 0.476 e. The van der Waals surface area contributed by atoms with Crippen LogP contribution in [0.5, 0.6) is 5.88 Å². The molecule has 1 atom stereocenters. The summed E-state index contributed by atoms with van der Waals surface area (Å²) in [5.74, 6) is 0.175. The molecule has 2 heterocycles. The van der Waals surface area contributed by atoms with Crippen LogP contribution in [0.1, 0.15) is 19.8 Å². The smallest absolute Gasteiger partial charge is 0.372 e. The number of nitro groups is 1. The Balaban J connectivity index is 2.06. The summed E-state index contributed by atoms with van der Waals surface area (Å²) in [7, 11) is 1.35. The number of ether oxygens (including phenoxy) is 1. The van der Waals surface area contributed by atoms with Crippen LogP contribution < -0.4 is 10.1 Å². The summed E-state index contributed by atoms with van der Waals surface area (Å²) in [6.45, 7) is 4.86. The molecule has 1 aromatic heterocycles. The topological polar surface area (TPSA) is 93.4 Å². The second kappa shape index (κ2) is 6.47. The number of nitrogens with zero attached hydrogens (tertiary/aromatic N) is 4. The van der Waals surface area contributed by atoms with Crippen molar-refractivity contribution >= 4 is 11.5 Å². The molecule has 1 unspecified atom stereocenters. The van der Waals surface area contributed by atoms with E-state index >= 15 is 0 Å². The van der Waals surface area contributed by atoms with E-state index in [1.807, 2.05) is 0 Å². The van der Waals surface area contributed by atoms with E-state index < -0.39 is 4.92 Å². The SMILES string of the molecule is COc1ncnc(NCC(C)N2CCCC2)c1[N+](=O)[O-]. The number of anilines is 1. The molecule has 1 aliphatic heterocycles. The highest BCUT2D eigenvalue weighted by atomic mass is 16.6. The van der Waals surface area contributed by atoms with Crippen molar-refractivity contribution in [2.45, 2.75) is 25.8 Å². The van der Waals surface area contributed by atoms with Crippen molar-refractivity contribution in [3.05, 3.63) is 16.4 Å². The predicted octanol–water partition coefficient (Wildman–Crippen LogP) is 1.29. The number of nitrogens with one attached hydrogen (secondary N) is 1. The number of rotatable bonds is 6. The van der Waals surface area contributed by atoms with Gasteiger partial charge in [0.1, 0.15) is 6.33 Å². The fourth-order valence-electron chi connectivity index (χ4n) is 2.36. The fraction of sp³-hybridized carbons (Fsp3) is 0.667. The third-order valence-electron chi connectivity index (χ3n) is 3.49. The molecular weight excluding hydrogens is 262 g/mol. The van der Waals surface area contributed by atoms with Crippen molar-refractivity contribution in [2.75, 3.05) is 32.1 Å². The van der Waals surface area contributed by atoms with Gasteiger partial charge in [0, 0.05) is 12.6 Å². The van der Waals surface area contributed by atoms with E-state index in [1.165, 1.54) is 26.3 Å². The molecule has 0 spiro atoms. The highest BCUT2D eigenvalue weighted by Crippen LogP contribution is 2.30. The lowest BCUT2D eigenvalue weighted by Crippen LogP contribution is -2.35. The molecule has 20 heavy (non-hydrogen) atoms. The number of hydrogen-bond acceptors (Lipinski definition) is 7. The van der Waals surface area contributed by atoms with Crippen LogP contribution in [0.15, 0.2) is 6.33 Å². The van der Waals surface area contributed by atoms with Gasteiger partial charge in [-0.1, -0.05) is 0 Å². The third kappa shape index (κ3) is 3.13. The first-order valence-corrected chi connectivity index (χ1v) is 6.64. The van der Waals surface area contributed by atoms with Gasteiger partial charge in [-0.05, 0) is 32.9 Å². The van der Waals surface area contributed by atoms with E-state index in [0.29, 0.717) is 12.6 Å². The van der Waals surface area contributed by atoms with Gasteiger partial charge in [-0.2, -0.15) is 4.98 Å². The Bertz CT molecular complexity index is 476. The molecule has 8 nitrogen and oxygen atoms in total. The average Bonchev–Trinajstić information content (AvgIpc) is 2.98. The number of likely N-dealkylation sites (tertiary alicyclic amines) is 1. The van der Waals surface area contributed by atoms with Crippen LogP contribution >= 0.6 is 0 Å². The molecule has 0 amide bonds. The zero-order chi connectivity index (χ0) is 14.5. The van der Waals surface area contributed by atoms with Crippen molar-refractivity contribution in [1.82, 2.24) is 14.9 Å². The Labute approximate surface area is 117 Å². The number of methoxy groups -OCH3 is 1. The van der Waals surface area contributed by atoms with Crippen LogP contribution in [0.25, 0.3) is 0 Å². The fourth-order valence-corrected chi connectivity index (χ4v) is 2.36. The summed E-state index contributed by atoms with van der Waals surface area (Å²) in [4.78, 5) is 20.6. The highest BCUT2D eigenvalue weighted by Gasteiger charge is 2.25. The molecular formula is C12H19N5O3. The minimum absolute atomic E-state index is 0.0266. The van der Waals surface area contributed by atoms with Crippen LogP contribution in [0, 0.1) is 10.1 Å². The monoisotopic (exact) mass is 281 g/mol. The molecule has 110 valence electrons. The van der Waals surface area contributed by atoms with Gasteiger partial charge < -0.3 is 10.1 Å². The first kappa shape index (κ1) is 14.4. The van der Waals surface area contributed by atoms with Crippen molar-refractivity contribution in [3.63, 3.8) is 0 Å². The molecule has 1 N–H and O–H groups in total. The van der Waals surface area contributed by atoms with E-state index in [2.05, 4.69) is 27.1 Å². The van der Waals surface area contributed by atoms with Crippen LogP contribution in [-0.2, 0) is 0 Å². The van der Waals surface area contributed by atoms with Gasteiger partial charge in [0.05, 0.1) is 12.0 Å². The summed E-state index contributed by atoms with van der Waals surface area (Å²) in [6, 6.07) is 0.304. The third-order valence-corrected chi connectivity index (χ3v) is 3.49. The molecule has 0 saturated carbocycles. The minimum atomic E-state index is -0.526. The predicted molar refractivity (Wildman–Crippen MR) is 74.0 cm³/mol. The highest BCUT2D eigenvalue weighted by molar-refractivity contribution is 5.61. The molecule has 8 heteroatoms. The molecule has 0 radical (unpaired) electrons. The lowest BCUT2D eigenvalue weighted by molar-refractivity contribution is -0.385. The first-order valence-electron chi connectivity index (χ1n) is 6.64. The molecule has 2 rings (SSSR count). The lowest BCUT2D eigenvalue weighted by atomic mass is 10.3. The Morgan fingerprint density at radius 2 is 2.20 bits per heavy atom. The van der Waals surface area contributed by atoms with E-state index in [1.54, 1.807) is 0 Å². The number of aromatic nitrogens is 2. The van der Waals surface area contributed by atoms with E-state index in [4.69, 9.17) is 4.74 Å².